The Labute approximate surface area is 268 Å². The fourth-order valence-corrected chi connectivity index (χ4v) is 5.59. The third-order valence-electron chi connectivity index (χ3n) is 7.98. The zero-order valence-corrected chi connectivity index (χ0v) is 25.1. The second-order valence-electron chi connectivity index (χ2n) is 11.0. The van der Waals surface area contributed by atoms with Gasteiger partial charge >= 0.3 is 24.4 Å². The molecular formula is C31H26F6N6O5. The third-order valence-corrected chi connectivity index (χ3v) is 7.98. The molecule has 252 valence electrons. The first kappa shape index (κ1) is 34.0. The number of pyridine rings is 2. The van der Waals surface area contributed by atoms with Gasteiger partial charge in [-0.3, -0.25) is 9.88 Å². The molecule has 5 rings (SSSR count). The number of anilines is 1. The smallest absolute Gasteiger partial charge is 0.416 e. The standard InChI is InChI=1S/C31H26F6N6O5/c1-3-29(38)11-20(25-23(43(29)28(46)47)4-5-24(42-25)48-2)26-40-14-21(16-9-17(27(44)45)13-39-12-16)22(41-26)8-15-6-18(30(32,33)34)10-19(7-15)31(35,36)37/h4-7,9-10,12-14,20H,3,8,11,38H2,1-2H3,(H,44,45)(H,46,47)/t20-,29+/m0/s1. The first-order valence-corrected chi connectivity index (χ1v) is 14.1. The summed E-state index contributed by atoms with van der Waals surface area (Å²) in [6, 6.07) is 5.23. The number of hydrogen-bond donors (Lipinski definition) is 3. The average molecular weight is 677 g/mol. The molecule has 3 aromatic heterocycles. The van der Waals surface area contributed by atoms with Gasteiger partial charge in [0.1, 0.15) is 11.5 Å². The molecule has 4 aromatic rings. The largest absolute Gasteiger partial charge is 0.481 e. The maximum absolute atomic E-state index is 13.7. The van der Waals surface area contributed by atoms with E-state index in [-0.39, 0.29) is 64.4 Å². The molecule has 0 aliphatic carbocycles. The molecular weight excluding hydrogens is 650 g/mol. The number of benzene rings is 1. The Kier molecular flexibility index (Phi) is 8.77. The maximum atomic E-state index is 13.7. The number of alkyl halides is 6. The Bertz CT molecular complexity index is 1870. The number of rotatable bonds is 7. The topological polar surface area (TPSA) is 165 Å². The average Bonchev–Trinajstić information content (AvgIpc) is 3.03. The van der Waals surface area contributed by atoms with Crippen LogP contribution in [0.5, 0.6) is 5.88 Å². The molecule has 1 amide bonds. The van der Waals surface area contributed by atoms with Gasteiger partial charge in [-0.15, -0.1) is 0 Å². The molecule has 0 bridgehead atoms. The van der Waals surface area contributed by atoms with Crippen LogP contribution in [0.4, 0.5) is 36.8 Å². The minimum atomic E-state index is -5.10. The van der Waals surface area contributed by atoms with Crippen molar-refractivity contribution in [3.8, 4) is 17.0 Å². The summed E-state index contributed by atoms with van der Waals surface area (Å²) in [5.41, 5.74) is 1.81. The summed E-state index contributed by atoms with van der Waals surface area (Å²) < 4.78 is 87.5. The Hall–Kier alpha value is -5.32. The van der Waals surface area contributed by atoms with E-state index < -0.39 is 59.1 Å². The van der Waals surface area contributed by atoms with Crippen LogP contribution in [0.25, 0.3) is 11.1 Å². The van der Waals surface area contributed by atoms with Gasteiger partial charge in [-0.1, -0.05) is 6.92 Å². The first-order valence-electron chi connectivity index (χ1n) is 14.1. The number of carbonyl (C=O) groups is 2. The number of carboxylic acids is 1. The summed E-state index contributed by atoms with van der Waals surface area (Å²) in [6.45, 7) is 1.67. The number of carboxylic acid groups (broad SMARTS) is 2. The number of ether oxygens (including phenoxy) is 1. The highest BCUT2D eigenvalue weighted by Crippen LogP contribution is 2.45. The van der Waals surface area contributed by atoms with Crippen LogP contribution in [0.1, 0.15) is 69.9 Å². The van der Waals surface area contributed by atoms with Crippen molar-refractivity contribution < 1.29 is 50.9 Å². The summed E-state index contributed by atoms with van der Waals surface area (Å²) in [5.74, 6) is -2.16. The highest BCUT2D eigenvalue weighted by atomic mass is 19.4. The molecule has 0 spiro atoms. The van der Waals surface area contributed by atoms with Gasteiger partial charge in [-0.05, 0) is 48.7 Å². The molecule has 0 saturated heterocycles. The van der Waals surface area contributed by atoms with E-state index in [4.69, 9.17) is 10.5 Å². The van der Waals surface area contributed by atoms with Gasteiger partial charge in [0.15, 0.2) is 0 Å². The van der Waals surface area contributed by atoms with Gasteiger partial charge in [-0.25, -0.2) is 24.5 Å². The van der Waals surface area contributed by atoms with E-state index in [1.54, 1.807) is 6.92 Å². The number of nitrogens with zero attached hydrogens (tertiary/aromatic N) is 5. The molecule has 1 aliphatic heterocycles. The summed E-state index contributed by atoms with van der Waals surface area (Å²) in [4.78, 5) is 42.4. The summed E-state index contributed by atoms with van der Waals surface area (Å²) >= 11 is 0. The maximum Gasteiger partial charge on any atom is 0.416 e. The van der Waals surface area contributed by atoms with Crippen molar-refractivity contribution in [1.82, 2.24) is 19.9 Å². The monoisotopic (exact) mass is 676 g/mol. The molecule has 0 saturated carbocycles. The molecule has 0 radical (unpaired) electrons. The van der Waals surface area contributed by atoms with E-state index >= 15 is 0 Å². The molecule has 0 unspecified atom stereocenters. The van der Waals surface area contributed by atoms with Crippen LogP contribution in [-0.4, -0.2) is 55.0 Å². The van der Waals surface area contributed by atoms with E-state index in [0.717, 1.165) is 11.1 Å². The van der Waals surface area contributed by atoms with Crippen molar-refractivity contribution in [1.29, 1.82) is 0 Å². The van der Waals surface area contributed by atoms with Crippen molar-refractivity contribution in [2.75, 3.05) is 12.0 Å². The lowest BCUT2D eigenvalue weighted by Gasteiger charge is -2.45. The second-order valence-corrected chi connectivity index (χ2v) is 11.0. The number of amides is 1. The fraction of sp³-hybridized carbons (Fsp3) is 0.290. The van der Waals surface area contributed by atoms with Crippen LogP contribution in [0.3, 0.4) is 0 Å². The lowest BCUT2D eigenvalue weighted by atomic mass is 9.83. The molecule has 17 heteroatoms. The molecule has 48 heavy (non-hydrogen) atoms. The number of aromatic nitrogens is 4. The fourth-order valence-electron chi connectivity index (χ4n) is 5.59. The number of aromatic carboxylic acids is 1. The molecule has 0 fully saturated rings. The van der Waals surface area contributed by atoms with Crippen molar-refractivity contribution in [3.05, 3.63) is 94.5 Å². The van der Waals surface area contributed by atoms with Crippen molar-refractivity contribution >= 4 is 17.7 Å². The van der Waals surface area contributed by atoms with Crippen molar-refractivity contribution in [3.63, 3.8) is 0 Å². The number of methoxy groups -OCH3 is 1. The molecule has 4 heterocycles. The van der Waals surface area contributed by atoms with E-state index in [0.29, 0.717) is 12.1 Å². The number of halogens is 6. The van der Waals surface area contributed by atoms with Crippen LogP contribution in [0.15, 0.2) is 55.0 Å². The van der Waals surface area contributed by atoms with E-state index in [2.05, 4.69) is 19.9 Å². The number of hydrogen-bond acceptors (Lipinski definition) is 8. The van der Waals surface area contributed by atoms with E-state index in [9.17, 15) is 46.1 Å². The summed E-state index contributed by atoms with van der Waals surface area (Å²) in [5, 5.41) is 19.6. The van der Waals surface area contributed by atoms with Crippen LogP contribution >= 0.6 is 0 Å². The first-order chi connectivity index (χ1) is 22.4. The van der Waals surface area contributed by atoms with Crippen molar-refractivity contribution in [2.45, 2.75) is 50.1 Å². The van der Waals surface area contributed by atoms with Gasteiger partial charge in [0.2, 0.25) is 5.88 Å². The Balaban J connectivity index is 1.74. The Morgan fingerprint density at radius 1 is 1.00 bits per heavy atom. The van der Waals surface area contributed by atoms with Gasteiger partial charge in [0, 0.05) is 42.2 Å². The Morgan fingerprint density at radius 2 is 1.67 bits per heavy atom. The van der Waals surface area contributed by atoms with Crippen LogP contribution in [0, 0.1) is 0 Å². The SMILES string of the molecule is CC[C@]1(N)C[C@H](c2ncc(-c3cncc(C(=O)O)c3)c(Cc3cc(C(F)(F)F)cc(C(F)(F)F)c3)n2)c2nc(OC)ccc2N1C(=O)O. The predicted octanol–water partition coefficient (Wildman–Crippen LogP) is 6.35. The van der Waals surface area contributed by atoms with Gasteiger partial charge in [0.05, 0.1) is 46.8 Å². The second kappa shape index (κ2) is 12.4. The molecule has 1 aliphatic rings. The van der Waals surface area contributed by atoms with E-state index in [1.807, 2.05) is 0 Å². The number of fused-ring (bicyclic) bond motifs is 1. The normalized spacial score (nSPS) is 17.9. The van der Waals surface area contributed by atoms with E-state index in [1.165, 1.54) is 37.7 Å². The molecule has 1 aromatic carbocycles. The third kappa shape index (κ3) is 6.58. The predicted molar refractivity (Wildman–Crippen MR) is 156 cm³/mol. The minimum absolute atomic E-state index is 0.00781. The Morgan fingerprint density at radius 3 is 2.23 bits per heavy atom. The van der Waals surface area contributed by atoms with Crippen LogP contribution in [0.2, 0.25) is 0 Å². The summed E-state index contributed by atoms with van der Waals surface area (Å²) in [6.07, 6.45) is -8.59. The van der Waals surface area contributed by atoms with Crippen molar-refractivity contribution in [2.24, 2.45) is 5.73 Å². The zero-order valence-electron chi connectivity index (χ0n) is 25.1. The zero-order chi connectivity index (χ0) is 35.2. The molecule has 4 N–H and O–H groups in total. The molecule has 2 atom stereocenters. The lowest BCUT2D eigenvalue weighted by molar-refractivity contribution is -0.143. The highest BCUT2D eigenvalue weighted by Gasteiger charge is 2.47. The highest BCUT2D eigenvalue weighted by molar-refractivity contribution is 5.90. The van der Waals surface area contributed by atoms with Gasteiger partial charge < -0.3 is 20.7 Å². The minimum Gasteiger partial charge on any atom is -0.481 e. The van der Waals surface area contributed by atoms with Crippen LogP contribution in [-0.2, 0) is 18.8 Å². The number of nitrogens with two attached hydrogens (primary N) is 1. The summed E-state index contributed by atoms with van der Waals surface area (Å²) in [7, 11) is 1.34. The quantitative estimate of drug-likeness (QED) is 0.188. The molecule has 11 nitrogen and oxygen atoms in total. The lowest BCUT2D eigenvalue weighted by Crippen LogP contribution is -2.61. The van der Waals surface area contributed by atoms with Gasteiger partial charge in [-0.2, -0.15) is 26.3 Å². The van der Waals surface area contributed by atoms with Gasteiger partial charge in [0.25, 0.3) is 0 Å². The van der Waals surface area contributed by atoms with Crippen LogP contribution < -0.4 is 15.4 Å².